The van der Waals surface area contributed by atoms with Gasteiger partial charge < -0.3 is 10.1 Å². The lowest BCUT2D eigenvalue weighted by atomic mass is 10.1. The number of carbonyl (C=O) groups is 1. The molecule has 1 aromatic carbocycles. The second kappa shape index (κ2) is 8.45. The van der Waals surface area contributed by atoms with Crippen LogP contribution in [0, 0.1) is 19.8 Å². The molecule has 0 atom stereocenters. The maximum Gasteiger partial charge on any atom is 0.573 e. The normalized spacial score (nSPS) is 11.7. The van der Waals surface area contributed by atoms with E-state index < -0.39 is 6.36 Å². The van der Waals surface area contributed by atoms with Crippen LogP contribution in [0.2, 0.25) is 0 Å². The fourth-order valence-corrected chi connectivity index (χ4v) is 2.80. The molecule has 1 heterocycles. The van der Waals surface area contributed by atoms with Crippen LogP contribution in [0.15, 0.2) is 24.3 Å². The van der Waals surface area contributed by atoms with E-state index in [9.17, 15) is 18.0 Å². The Morgan fingerprint density at radius 1 is 1.26 bits per heavy atom. The maximum atomic E-state index is 12.5. The predicted octanol–water partition coefficient (Wildman–Crippen LogP) is 3.91. The van der Waals surface area contributed by atoms with Crippen molar-refractivity contribution in [1.82, 2.24) is 15.1 Å². The smallest absolute Gasteiger partial charge is 0.405 e. The van der Waals surface area contributed by atoms with Gasteiger partial charge in [0.25, 0.3) is 0 Å². The zero-order chi connectivity index (χ0) is 20.2. The van der Waals surface area contributed by atoms with Crippen LogP contribution in [-0.2, 0) is 24.3 Å². The molecule has 0 saturated heterocycles. The van der Waals surface area contributed by atoms with Gasteiger partial charge in [-0.3, -0.25) is 9.48 Å². The highest BCUT2D eigenvalue weighted by molar-refractivity contribution is 5.79. The molecule has 27 heavy (non-hydrogen) atoms. The Morgan fingerprint density at radius 3 is 2.56 bits per heavy atom. The van der Waals surface area contributed by atoms with Gasteiger partial charge in [0, 0.05) is 29.9 Å². The molecule has 5 nitrogen and oxygen atoms in total. The number of hydrogen-bond donors (Lipinski definition) is 1. The number of nitrogens with one attached hydrogen (secondary N) is 1. The molecule has 0 aliphatic carbocycles. The first-order chi connectivity index (χ1) is 12.6. The van der Waals surface area contributed by atoms with Crippen molar-refractivity contribution in [2.45, 2.75) is 53.6 Å². The van der Waals surface area contributed by atoms with Gasteiger partial charge in [0.05, 0.1) is 12.1 Å². The largest absolute Gasteiger partial charge is 0.573 e. The summed E-state index contributed by atoms with van der Waals surface area (Å²) in [5.74, 6) is -0.177. The van der Waals surface area contributed by atoms with Crippen molar-refractivity contribution in [2.24, 2.45) is 5.92 Å². The lowest BCUT2D eigenvalue weighted by molar-refractivity contribution is -0.274. The van der Waals surface area contributed by atoms with Gasteiger partial charge in [0.15, 0.2) is 0 Å². The number of benzene rings is 1. The van der Waals surface area contributed by atoms with Crippen LogP contribution in [0.5, 0.6) is 5.75 Å². The summed E-state index contributed by atoms with van der Waals surface area (Å²) < 4.78 is 43.3. The number of alkyl halides is 3. The van der Waals surface area contributed by atoms with Crippen molar-refractivity contribution in [1.29, 1.82) is 0 Å². The van der Waals surface area contributed by atoms with Crippen LogP contribution >= 0.6 is 0 Å². The first kappa shape index (κ1) is 20.8. The van der Waals surface area contributed by atoms with E-state index in [0.717, 1.165) is 23.5 Å². The third kappa shape index (κ3) is 6.01. The molecule has 0 saturated carbocycles. The number of hydrogen-bond acceptors (Lipinski definition) is 3. The minimum absolute atomic E-state index is 0.0523. The van der Waals surface area contributed by atoms with Crippen molar-refractivity contribution < 1.29 is 22.7 Å². The van der Waals surface area contributed by atoms with E-state index in [1.165, 1.54) is 18.2 Å². The number of rotatable bonds is 7. The van der Waals surface area contributed by atoms with E-state index in [0.29, 0.717) is 5.92 Å². The number of halogens is 3. The molecule has 1 N–H and O–H groups in total. The highest BCUT2D eigenvalue weighted by Crippen LogP contribution is 2.26. The molecule has 0 unspecified atom stereocenters. The van der Waals surface area contributed by atoms with Gasteiger partial charge in [0.2, 0.25) is 5.91 Å². The van der Waals surface area contributed by atoms with Gasteiger partial charge >= 0.3 is 6.36 Å². The highest BCUT2D eigenvalue weighted by atomic mass is 19.4. The van der Waals surface area contributed by atoms with Crippen LogP contribution in [0.25, 0.3) is 0 Å². The molecule has 0 aliphatic heterocycles. The maximum absolute atomic E-state index is 12.5. The molecule has 2 rings (SSSR count). The van der Waals surface area contributed by atoms with Crippen LogP contribution in [0.1, 0.15) is 36.4 Å². The molecule has 1 amide bonds. The van der Waals surface area contributed by atoms with E-state index in [-0.39, 0.29) is 30.2 Å². The molecule has 0 spiro atoms. The molecule has 1 aromatic heterocycles. The van der Waals surface area contributed by atoms with Gasteiger partial charge in [-0.15, -0.1) is 13.2 Å². The third-order valence-electron chi connectivity index (χ3n) is 4.08. The SMILES string of the molecule is Cc1nn(CC(C)C)c(C)c1CC(=O)NCc1ccccc1OC(F)(F)F. The average molecular weight is 383 g/mol. The zero-order valence-electron chi connectivity index (χ0n) is 15.9. The lowest BCUT2D eigenvalue weighted by Crippen LogP contribution is -2.26. The summed E-state index contributed by atoms with van der Waals surface area (Å²) in [7, 11) is 0. The van der Waals surface area contributed by atoms with Gasteiger partial charge in [0.1, 0.15) is 5.75 Å². The Hall–Kier alpha value is -2.51. The summed E-state index contributed by atoms with van der Waals surface area (Å²) in [6, 6.07) is 5.74. The minimum atomic E-state index is -4.78. The number of aromatic nitrogens is 2. The van der Waals surface area contributed by atoms with Crippen LogP contribution in [-0.4, -0.2) is 22.1 Å². The summed E-state index contributed by atoms with van der Waals surface area (Å²) in [6.07, 6.45) is -4.66. The summed E-state index contributed by atoms with van der Waals surface area (Å²) in [6.45, 7) is 8.64. The summed E-state index contributed by atoms with van der Waals surface area (Å²) in [5, 5.41) is 7.12. The Labute approximate surface area is 156 Å². The molecule has 8 heteroatoms. The monoisotopic (exact) mass is 383 g/mol. The molecule has 0 aliphatic rings. The summed E-state index contributed by atoms with van der Waals surface area (Å²) >= 11 is 0. The van der Waals surface area contributed by atoms with Crippen molar-refractivity contribution in [3.63, 3.8) is 0 Å². The lowest BCUT2D eigenvalue weighted by Gasteiger charge is -2.13. The highest BCUT2D eigenvalue weighted by Gasteiger charge is 2.32. The van der Waals surface area contributed by atoms with E-state index in [4.69, 9.17) is 0 Å². The molecule has 0 bridgehead atoms. The fourth-order valence-electron chi connectivity index (χ4n) is 2.80. The van der Waals surface area contributed by atoms with Crippen LogP contribution in [0.4, 0.5) is 13.2 Å². The summed E-state index contributed by atoms with van der Waals surface area (Å²) in [4.78, 5) is 12.3. The quantitative estimate of drug-likeness (QED) is 0.789. The number of para-hydroxylation sites is 1. The van der Waals surface area contributed by atoms with Gasteiger partial charge in [-0.25, -0.2) is 0 Å². The second-order valence-corrected chi connectivity index (χ2v) is 6.83. The molecule has 148 valence electrons. The topological polar surface area (TPSA) is 56.2 Å². The van der Waals surface area contributed by atoms with Crippen molar-refractivity contribution in [3.8, 4) is 5.75 Å². The molecular weight excluding hydrogens is 359 g/mol. The number of ether oxygens (including phenoxy) is 1. The van der Waals surface area contributed by atoms with Crippen LogP contribution in [0.3, 0.4) is 0 Å². The molecule has 2 aromatic rings. The Balaban J connectivity index is 2.03. The van der Waals surface area contributed by atoms with Crippen molar-refractivity contribution >= 4 is 5.91 Å². The molecular formula is C19H24F3N3O2. The number of carbonyl (C=O) groups excluding carboxylic acids is 1. The van der Waals surface area contributed by atoms with Gasteiger partial charge in [-0.2, -0.15) is 5.10 Å². The Bertz CT molecular complexity index is 798. The summed E-state index contributed by atoms with van der Waals surface area (Å²) in [5.41, 5.74) is 2.81. The standard InChI is InChI=1S/C19H24F3N3O2/c1-12(2)11-25-14(4)16(13(3)24-25)9-18(26)23-10-15-7-5-6-8-17(15)27-19(20,21)22/h5-8,12H,9-11H2,1-4H3,(H,23,26). The average Bonchev–Trinajstić information content (AvgIpc) is 2.79. The van der Waals surface area contributed by atoms with Crippen LogP contribution < -0.4 is 10.1 Å². The predicted molar refractivity (Wildman–Crippen MR) is 95.2 cm³/mol. The number of nitrogens with zero attached hydrogens (tertiary/aromatic N) is 2. The zero-order valence-corrected chi connectivity index (χ0v) is 15.9. The second-order valence-electron chi connectivity index (χ2n) is 6.83. The number of aryl methyl sites for hydroxylation is 1. The Kier molecular flexibility index (Phi) is 6.51. The first-order valence-electron chi connectivity index (χ1n) is 8.70. The Morgan fingerprint density at radius 2 is 1.93 bits per heavy atom. The van der Waals surface area contributed by atoms with E-state index in [1.54, 1.807) is 6.07 Å². The fraction of sp³-hybridized carbons (Fsp3) is 0.474. The van der Waals surface area contributed by atoms with E-state index >= 15 is 0 Å². The van der Waals surface area contributed by atoms with Gasteiger partial charge in [-0.05, 0) is 25.8 Å². The van der Waals surface area contributed by atoms with Crippen molar-refractivity contribution in [3.05, 3.63) is 46.8 Å². The van der Waals surface area contributed by atoms with E-state index in [2.05, 4.69) is 29.0 Å². The molecule has 0 fully saturated rings. The first-order valence-corrected chi connectivity index (χ1v) is 8.70. The minimum Gasteiger partial charge on any atom is -0.405 e. The van der Waals surface area contributed by atoms with Crippen molar-refractivity contribution in [2.75, 3.05) is 0 Å². The molecule has 0 radical (unpaired) electrons. The third-order valence-corrected chi connectivity index (χ3v) is 4.08. The van der Waals surface area contributed by atoms with Gasteiger partial charge in [-0.1, -0.05) is 32.0 Å². The van der Waals surface area contributed by atoms with E-state index in [1.807, 2.05) is 18.5 Å². The number of amides is 1.